The summed E-state index contributed by atoms with van der Waals surface area (Å²) in [7, 11) is 0. The summed E-state index contributed by atoms with van der Waals surface area (Å²) in [6.45, 7) is 7.72. The lowest BCUT2D eigenvalue weighted by Crippen LogP contribution is -2.19. The van der Waals surface area contributed by atoms with Crippen LogP contribution in [0, 0.1) is 13.8 Å². The van der Waals surface area contributed by atoms with E-state index in [1.807, 2.05) is 13.8 Å². The highest BCUT2D eigenvalue weighted by Gasteiger charge is 2.16. The van der Waals surface area contributed by atoms with E-state index in [-0.39, 0.29) is 6.04 Å². The third-order valence-electron chi connectivity index (χ3n) is 3.89. The molecule has 0 radical (unpaired) electrons. The van der Waals surface area contributed by atoms with E-state index < -0.39 is 0 Å². The molecule has 0 saturated heterocycles. The molecule has 0 spiro atoms. The van der Waals surface area contributed by atoms with Crippen molar-refractivity contribution in [1.82, 2.24) is 10.5 Å². The molecule has 1 aromatic heterocycles. The van der Waals surface area contributed by atoms with E-state index in [0.29, 0.717) is 0 Å². The number of nitrogens with one attached hydrogen (secondary N) is 1. The van der Waals surface area contributed by atoms with Gasteiger partial charge in [0.25, 0.3) is 0 Å². The molecule has 1 atom stereocenters. The van der Waals surface area contributed by atoms with Gasteiger partial charge < -0.3 is 14.6 Å². The second-order valence-corrected chi connectivity index (χ2v) is 5.38. The van der Waals surface area contributed by atoms with E-state index >= 15 is 0 Å². The van der Waals surface area contributed by atoms with Crippen LogP contribution in [0.4, 0.5) is 0 Å². The van der Waals surface area contributed by atoms with Gasteiger partial charge in [0.2, 0.25) is 0 Å². The van der Waals surface area contributed by atoms with Crippen LogP contribution in [0.3, 0.4) is 0 Å². The van der Waals surface area contributed by atoms with E-state index in [0.717, 1.165) is 42.3 Å². The van der Waals surface area contributed by atoms with Crippen molar-refractivity contribution in [3.8, 4) is 5.75 Å². The SMILES string of the molecule is Cc1noc(C)c1C(C)NCc1ccc2c(c1)CCO2. The van der Waals surface area contributed by atoms with Crippen molar-refractivity contribution in [1.29, 1.82) is 0 Å². The lowest BCUT2D eigenvalue weighted by atomic mass is 10.1. The number of fused-ring (bicyclic) bond motifs is 1. The van der Waals surface area contributed by atoms with E-state index in [9.17, 15) is 0 Å². The van der Waals surface area contributed by atoms with Gasteiger partial charge in [0.1, 0.15) is 11.5 Å². The Balaban J connectivity index is 1.67. The van der Waals surface area contributed by atoms with Crippen molar-refractivity contribution in [3.63, 3.8) is 0 Å². The highest BCUT2D eigenvalue weighted by molar-refractivity contribution is 5.39. The van der Waals surface area contributed by atoms with Crippen LogP contribution in [-0.4, -0.2) is 11.8 Å². The Kier molecular flexibility index (Phi) is 3.49. The molecule has 1 aliphatic heterocycles. The number of aromatic nitrogens is 1. The van der Waals surface area contributed by atoms with Gasteiger partial charge in [-0.05, 0) is 38.0 Å². The Morgan fingerprint density at radius 3 is 2.95 bits per heavy atom. The predicted octanol–water partition coefficient (Wildman–Crippen LogP) is 3.08. The standard InChI is InChI=1S/C16H20N2O2/c1-10(16-11(2)18-20-12(16)3)17-9-13-4-5-15-14(8-13)6-7-19-15/h4-5,8,10,17H,6-7,9H2,1-3H3. The number of hydrogen-bond acceptors (Lipinski definition) is 4. The molecule has 0 fully saturated rings. The smallest absolute Gasteiger partial charge is 0.138 e. The number of aryl methyl sites for hydroxylation is 2. The Labute approximate surface area is 119 Å². The van der Waals surface area contributed by atoms with Crippen molar-refractivity contribution >= 4 is 0 Å². The zero-order valence-corrected chi connectivity index (χ0v) is 12.2. The number of nitrogens with zero attached hydrogens (tertiary/aromatic N) is 1. The molecule has 0 bridgehead atoms. The quantitative estimate of drug-likeness (QED) is 0.929. The third kappa shape index (κ3) is 2.43. The zero-order chi connectivity index (χ0) is 14.1. The first kappa shape index (κ1) is 13.2. The summed E-state index contributed by atoms with van der Waals surface area (Å²) in [6.07, 6.45) is 1.02. The summed E-state index contributed by atoms with van der Waals surface area (Å²) in [5.74, 6) is 1.93. The van der Waals surface area contributed by atoms with Crippen LogP contribution in [-0.2, 0) is 13.0 Å². The van der Waals surface area contributed by atoms with Crippen molar-refractivity contribution in [2.24, 2.45) is 0 Å². The molecule has 1 N–H and O–H groups in total. The summed E-state index contributed by atoms with van der Waals surface area (Å²) >= 11 is 0. The van der Waals surface area contributed by atoms with Crippen molar-refractivity contribution in [2.45, 2.75) is 39.8 Å². The fourth-order valence-electron chi connectivity index (χ4n) is 2.83. The molecule has 1 unspecified atom stereocenters. The molecular formula is C16H20N2O2. The lowest BCUT2D eigenvalue weighted by Gasteiger charge is -2.14. The van der Waals surface area contributed by atoms with Gasteiger partial charge in [-0.25, -0.2) is 0 Å². The van der Waals surface area contributed by atoms with Gasteiger partial charge in [-0.15, -0.1) is 0 Å². The minimum Gasteiger partial charge on any atom is -0.493 e. The second kappa shape index (κ2) is 5.29. The van der Waals surface area contributed by atoms with Gasteiger partial charge in [-0.3, -0.25) is 0 Å². The van der Waals surface area contributed by atoms with Gasteiger partial charge in [0, 0.05) is 24.6 Å². The number of hydrogen-bond donors (Lipinski definition) is 1. The first-order chi connectivity index (χ1) is 9.65. The van der Waals surface area contributed by atoms with E-state index in [2.05, 4.69) is 35.6 Å². The summed E-state index contributed by atoms with van der Waals surface area (Å²) < 4.78 is 10.8. The number of benzene rings is 1. The van der Waals surface area contributed by atoms with Gasteiger partial charge in [-0.2, -0.15) is 0 Å². The topological polar surface area (TPSA) is 47.3 Å². The highest BCUT2D eigenvalue weighted by Crippen LogP contribution is 2.26. The molecule has 0 amide bonds. The second-order valence-electron chi connectivity index (χ2n) is 5.38. The Hall–Kier alpha value is -1.81. The fourth-order valence-corrected chi connectivity index (χ4v) is 2.83. The fraction of sp³-hybridized carbons (Fsp3) is 0.438. The van der Waals surface area contributed by atoms with Crippen LogP contribution in [0.5, 0.6) is 5.75 Å². The molecule has 2 aromatic rings. The van der Waals surface area contributed by atoms with Crippen LogP contribution in [0.2, 0.25) is 0 Å². The minimum atomic E-state index is 0.228. The molecule has 0 aliphatic carbocycles. The zero-order valence-electron chi connectivity index (χ0n) is 12.2. The lowest BCUT2D eigenvalue weighted by molar-refractivity contribution is 0.357. The molecule has 2 heterocycles. The normalized spacial score (nSPS) is 14.9. The van der Waals surface area contributed by atoms with Gasteiger partial charge >= 0.3 is 0 Å². The average molecular weight is 272 g/mol. The highest BCUT2D eigenvalue weighted by atomic mass is 16.5. The molecule has 0 saturated carbocycles. The van der Waals surface area contributed by atoms with Crippen LogP contribution < -0.4 is 10.1 Å². The Bertz CT molecular complexity index is 599. The molecule has 3 rings (SSSR count). The van der Waals surface area contributed by atoms with Crippen molar-refractivity contribution in [3.05, 3.63) is 46.3 Å². The minimum absolute atomic E-state index is 0.228. The van der Waals surface area contributed by atoms with Crippen LogP contribution in [0.1, 0.15) is 41.1 Å². The van der Waals surface area contributed by atoms with Crippen molar-refractivity contribution < 1.29 is 9.26 Å². The van der Waals surface area contributed by atoms with Crippen LogP contribution in [0.15, 0.2) is 22.7 Å². The van der Waals surface area contributed by atoms with Crippen molar-refractivity contribution in [2.75, 3.05) is 6.61 Å². The number of rotatable bonds is 4. The summed E-state index contributed by atoms with van der Waals surface area (Å²) in [5.41, 5.74) is 4.72. The Morgan fingerprint density at radius 1 is 1.35 bits per heavy atom. The molecule has 20 heavy (non-hydrogen) atoms. The summed E-state index contributed by atoms with van der Waals surface area (Å²) in [5, 5.41) is 7.54. The molecule has 4 heteroatoms. The monoisotopic (exact) mass is 272 g/mol. The maximum Gasteiger partial charge on any atom is 0.138 e. The largest absolute Gasteiger partial charge is 0.493 e. The van der Waals surface area contributed by atoms with Crippen LogP contribution in [0.25, 0.3) is 0 Å². The number of ether oxygens (including phenoxy) is 1. The van der Waals surface area contributed by atoms with Gasteiger partial charge in [0.15, 0.2) is 0 Å². The molecular weight excluding hydrogens is 252 g/mol. The molecule has 4 nitrogen and oxygen atoms in total. The maximum atomic E-state index is 5.53. The molecule has 1 aromatic carbocycles. The predicted molar refractivity (Wildman–Crippen MR) is 76.9 cm³/mol. The maximum absolute atomic E-state index is 5.53. The van der Waals surface area contributed by atoms with E-state index in [4.69, 9.17) is 9.26 Å². The van der Waals surface area contributed by atoms with E-state index in [1.54, 1.807) is 0 Å². The summed E-state index contributed by atoms with van der Waals surface area (Å²) in [6, 6.07) is 6.65. The first-order valence-corrected chi connectivity index (χ1v) is 7.06. The van der Waals surface area contributed by atoms with Crippen LogP contribution >= 0.6 is 0 Å². The third-order valence-corrected chi connectivity index (χ3v) is 3.89. The van der Waals surface area contributed by atoms with Gasteiger partial charge in [-0.1, -0.05) is 17.3 Å². The molecule has 106 valence electrons. The first-order valence-electron chi connectivity index (χ1n) is 7.06. The molecule has 1 aliphatic rings. The summed E-state index contributed by atoms with van der Waals surface area (Å²) in [4.78, 5) is 0. The van der Waals surface area contributed by atoms with E-state index in [1.165, 1.54) is 11.1 Å². The average Bonchev–Trinajstić information content (AvgIpc) is 3.02. The Morgan fingerprint density at radius 2 is 2.20 bits per heavy atom. The van der Waals surface area contributed by atoms with Gasteiger partial charge in [0.05, 0.1) is 12.3 Å².